The van der Waals surface area contributed by atoms with Crippen LogP contribution >= 0.6 is 0 Å². The normalized spacial score (nSPS) is 13.1. The number of aryl methyl sites for hydroxylation is 2. The molecule has 2 aromatic rings. The van der Waals surface area contributed by atoms with Crippen molar-refractivity contribution in [2.45, 2.75) is 78.4 Å². The van der Waals surface area contributed by atoms with Crippen LogP contribution in [0.1, 0.15) is 64.0 Å². The standard InChI is InChI=1S/C23H31NO6/c1-5-7-9-16-13-20(25)30-21-14(3)19(12-11-17(16)21)29-15(4)22(26)24-18(23(27)28)10-8-6-2/h11-13,15,18H,5-10H2,1-4H3,(H,24,26)(H,27,28). The summed E-state index contributed by atoms with van der Waals surface area (Å²) in [6.07, 6.45) is 3.78. The smallest absolute Gasteiger partial charge is 0.336 e. The van der Waals surface area contributed by atoms with Gasteiger partial charge in [0, 0.05) is 17.0 Å². The number of nitrogens with one attached hydrogen (secondary N) is 1. The SMILES string of the molecule is CCCCc1cc(=O)oc2c(C)c(OC(C)C(=O)NC(CCCC)C(=O)O)ccc12. The Kier molecular flexibility index (Phi) is 8.45. The molecule has 0 fully saturated rings. The van der Waals surface area contributed by atoms with E-state index < -0.39 is 29.6 Å². The van der Waals surface area contributed by atoms with Crippen molar-refractivity contribution in [3.63, 3.8) is 0 Å². The van der Waals surface area contributed by atoms with Crippen molar-refractivity contribution in [1.29, 1.82) is 0 Å². The first-order valence-corrected chi connectivity index (χ1v) is 10.5. The minimum atomic E-state index is -1.06. The van der Waals surface area contributed by atoms with Crippen LogP contribution in [0, 0.1) is 6.92 Å². The van der Waals surface area contributed by atoms with Crippen molar-refractivity contribution in [3.05, 3.63) is 39.7 Å². The first-order chi connectivity index (χ1) is 14.3. The predicted octanol–water partition coefficient (Wildman–Crippen LogP) is 3.97. The summed E-state index contributed by atoms with van der Waals surface area (Å²) in [5.41, 5.74) is 1.59. The second-order valence-electron chi connectivity index (χ2n) is 7.56. The van der Waals surface area contributed by atoms with E-state index in [-0.39, 0.29) is 0 Å². The molecule has 0 aliphatic rings. The van der Waals surface area contributed by atoms with Gasteiger partial charge in [0.1, 0.15) is 17.4 Å². The van der Waals surface area contributed by atoms with Crippen LogP contribution in [0.2, 0.25) is 0 Å². The molecule has 1 amide bonds. The van der Waals surface area contributed by atoms with Crippen LogP contribution in [-0.4, -0.2) is 29.1 Å². The summed E-state index contributed by atoms with van der Waals surface area (Å²) in [5.74, 6) is -1.15. The molecule has 2 unspecified atom stereocenters. The summed E-state index contributed by atoms with van der Waals surface area (Å²) >= 11 is 0. The van der Waals surface area contributed by atoms with E-state index >= 15 is 0 Å². The molecular weight excluding hydrogens is 386 g/mol. The largest absolute Gasteiger partial charge is 0.480 e. The fraction of sp³-hybridized carbons (Fsp3) is 0.522. The fourth-order valence-electron chi connectivity index (χ4n) is 3.31. The van der Waals surface area contributed by atoms with Gasteiger partial charge in [-0.2, -0.15) is 0 Å². The molecule has 164 valence electrons. The molecule has 1 heterocycles. The number of aliphatic carboxylic acids is 1. The number of hydrogen-bond donors (Lipinski definition) is 2. The lowest BCUT2D eigenvalue weighted by Gasteiger charge is -2.20. The number of amides is 1. The Labute approximate surface area is 176 Å². The van der Waals surface area contributed by atoms with Gasteiger partial charge in [0.15, 0.2) is 6.10 Å². The molecule has 0 saturated heterocycles. The van der Waals surface area contributed by atoms with E-state index in [1.54, 1.807) is 19.9 Å². The van der Waals surface area contributed by atoms with Gasteiger partial charge in [-0.15, -0.1) is 0 Å². The highest BCUT2D eigenvalue weighted by molar-refractivity contribution is 5.87. The molecule has 0 aliphatic heterocycles. The van der Waals surface area contributed by atoms with Crippen LogP contribution in [0.3, 0.4) is 0 Å². The van der Waals surface area contributed by atoms with Gasteiger partial charge in [0.2, 0.25) is 0 Å². The Hall–Kier alpha value is -2.83. The highest BCUT2D eigenvalue weighted by Crippen LogP contribution is 2.29. The number of carbonyl (C=O) groups is 2. The average molecular weight is 418 g/mol. The number of hydrogen-bond acceptors (Lipinski definition) is 5. The second kappa shape index (κ2) is 10.8. The van der Waals surface area contributed by atoms with Gasteiger partial charge in [0.05, 0.1) is 0 Å². The predicted molar refractivity (Wildman–Crippen MR) is 115 cm³/mol. The van der Waals surface area contributed by atoms with Crippen molar-refractivity contribution in [2.24, 2.45) is 0 Å². The molecule has 2 rings (SSSR count). The fourth-order valence-corrected chi connectivity index (χ4v) is 3.31. The molecule has 0 radical (unpaired) electrons. The molecule has 0 bridgehead atoms. The summed E-state index contributed by atoms with van der Waals surface area (Å²) < 4.78 is 11.2. The monoisotopic (exact) mass is 417 g/mol. The zero-order chi connectivity index (χ0) is 22.3. The third-order valence-electron chi connectivity index (χ3n) is 5.13. The number of fused-ring (bicyclic) bond motifs is 1. The summed E-state index contributed by atoms with van der Waals surface area (Å²) in [6.45, 7) is 7.39. The Morgan fingerprint density at radius 1 is 1.20 bits per heavy atom. The number of carboxylic acid groups (broad SMARTS) is 1. The molecule has 7 heteroatoms. The van der Waals surface area contributed by atoms with Crippen LogP contribution in [-0.2, 0) is 16.0 Å². The van der Waals surface area contributed by atoms with Gasteiger partial charge in [0.25, 0.3) is 5.91 Å². The zero-order valence-electron chi connectivity index (χ0n) is 18.1. The number of benzene rings is 1. The number of rotatable bonds is 11. The summed E-state index contributed by atoms with van der Waals surface area (Å²) in [4.78, 5) is 35.8. The first-order valence-electron chi connectivity index (χ1n) is 10.5. The van der Waals surface area contributed by atoms with Gasteiger partial charge in [-0.1, -0.05) is 33.1 Å². The maximum atomic E-state index is 12.5. The number of carbonyl (C=O) groups excluding carboxylic acids is 1. The van der Waals surface area contributed by atoms with E-state index in [2.05, 4.69) is 12.2 Å². The number of carboxylic acids is 1. The van der Waals surface area contributed by atoms with Gasteiger partial charge in [-0.05, 0) is 50.8 Å². The number of unbranched alkanes of at least 4 members (excludes halogenated alkanes) is 2. The quantitative estimate of drug-likeness (QED) is 0.536. The number of ether oxygens (including phenoxy) is 1. The molecule has 0 aliphatic carbocycles. The Morgan fingerprint density at radius 2 is 1.90 bits per heavy atom. The minimum absolute atomic E-state index is 0.366. The molecule has 2 atom stereocenters. The van der Waals surface area contributed by atoms with Crippen molar-refractivity contribution < 1.29 is 23.8 Å². The van der Waals surface area contributed by atoms with Gasteiger partial charge < -0.3 is 19.6 Å². The third-order valence-corrected chi connectivity index (χ3v) is 5.13. The van der Waals surface area contributed by atoms with E-state index in [1.165, 1.54) is 6.07 Å². The lowest BCUT2D eigenvalue weighted by molar-refractivity contribution is -0.143. The summed E-state index contributed by atoms with van der Waals surface area (Å²) in [5, 5.41) is 12.7. The van der Waals surface area contributed by atoms with E-state index in [9.17, 15) is 19.5 Å². The molecule has 0 spiro atoms. The maximum Gasteiger partial charge on any atom is 0.336 e. The van der Waals surface area contributed by atoms with E-state index in [1.807, 2.05) is 13.0 Å². The van der Waals surface area contributed by atoms with E-state index in [0.29, 0.717) is 29.7 Å². The van der Waals surface area contributed by atoms with Crippen LogP contribution < -0.4 is 15.7 Å². The molecule has 0 saturated carbocycles. The third kappa shape index (κ3) is 5.84. The van der Waals surface area contributed by atoms with Gasteiger partial charge in [-0.3, -0.25) is 4.79 Å². The van der Waals surface area contributed by atoms with Crippen LogP contribution in [0.5, 0.6) is 5.75 Å². The van der Waals surface area contributed by atoms with Crippen molar-refractivity contribution in [1.82, 2.24) is 5.32 Å². The lowest BCUT2D eigenvalue weighted by atomic mass is 10.0. The van der Waals surface area contributed by atoms with Crippen LogP contribution in [0.25, 0.3) is 11.0 Å². The maximum absolute atomic E-state index is 12.5. The van der Waals surface area contributed by atoms with E-state index in [4.69, 9.17) is 9.15 Å². The van der Waals surface area contributed by atoms with Crippen LogP contribution in [0.4, 0.5) is 0 Å². The highest BCUT2D eigenvalue weighted by atomic mass is 16.5. The van der Waals surface area contributed by atoms with E-state index in [0.717, 1.165) is 36.6 Å². The Bertz CT molecular complexity index is 949. The average Bonchev–Trinajstić information content (AvgIpc) is 2.71. The molecule has 1 aromatic carbocycles. The summed E-state index contributed by atoms with van der Waals surface area (Å²) in [7, 11) is 0. The second-order valence-corrected chi connectivity index (χ2v) is 7.56. The molecule has 30 heavy (non-hydrogen) atoms. The first kappa shape index (κ1) is 23.4. The lowest BCUT2D eigenvalue weighted by Crippen LogP contribution is -2.46. The molecule has 1 aromatic heterocycles. The van der Waals surface area contributed by atoms with Gasteiger partial charge in [-0.25, -0.2) is 9.59 Å². The molecule has 2 N–H and O–H groups in total. The highest BCUT2D eigenvalue weighted by Gasteiger charge is 2.24. The van der Waals surface area contributed by atoms with Crippen molar-refractivity contribution in [2.75, 3.05) is 0 Å². The minimum Gasteiger partial charge on any atom is -0.480 e. The zero-order valence-corrected chi connectivity index (χ0v) is 18.1. The van der Waals surface area contributed by atoms with Crippen LogP contribution in [0.15, 0.2) is 27.4 Å². The molecule has 7 nitrogen and oxygen atoms in total. The van der Waals surface area contributed by atoms with Gasteiger partial charge >= 0.3 is 11.6 Å². The Balaban J connectivity index is 2.22. The van der Waals surface area contributed by atoms with Crippen molar-refractivity contribution in [3.8, 4) is 5.75 Å². The molecular formula is C23H31NO6. The van der Waals surface area contributed by atoms with Crippen molar-refractivity contribution >= 4 is 22.8 Å². The Morgan fingerprint density at radius 3 is 2.53 bits per heavy atom. The topological polar surface area (TPSA) is 106 Å². The summed E-state index contributed by atoms with van der Waals surface area (Å²) in [6, 6.07) is 4.16.